The van der Waals surface area contributed by atoms with Crippen LogP contribution >= 0.6 is 0 Å². The molecule has 1 unspecified atom stereocenters. The maximum absolute atomic E-state index is 14.2. The summed E-state index contributed by atoms with van der Waals surface area (Å²) < 4.78 is 66.4. The summed E-state index contributed by atoms with van der Waals surface area (Å²) in [6.07, 6.45) is -5.44. The van der Waals surface area contributed by atoms with Gasteiger partial charge in [-0.05, 0) is 19.3 Å². The summed E-state index contributed by atoms with van der Waals surface area (Å²) in [5.41, 5.74) is -8.43. The summed E-state index contributed by atoms with van der Waals surface area (Å²) >= 11 is 0. The van der Waals surface area contributed by atoms with Gasteiger partial charge in [0.15, 0.2) is 5.67 Å². The van der Waals surface area contributed by atoms with E-state index in [0.717, 1.165) is 12.1 Å². The molecule has 0 radical (unpaired) electrons. The molecule has 1 rings (SSSR count). The lowest BCUT2D eigenvalue weighted by Gasteiger charge is -2.36. The molecule has 1 aromatic carbocycles. The Labute approximate surface area is 107 Å². The molecule has 2 N–H and O–H groups in total. The quantitative estimate of drug-likeness (QED) is 0.656. The molecule has 0 saturated carbocycles. The first-order chi connectivity index (χ1) is 8.41. The Morgan fingerprint density at radius 1 is 0.895 bits per heavy atom. The van der Waals surface area contributed by atoms with Gasteiger partial charge in [-0.2, -0.15) is 13.2 Å². The van der Waals surface area contributed by atoms with Gasteiger partial charge in [0.25, 0.3) is 5.67 Å². The highest BCUT2D eigenvalue weighted by atomic mass is 19.4. The largest absolute Gasteiger partial charge is 0.488 e. The number of benzene rings is 1. The van der Waals surface area contributed by atoms with Crippen LogP contribution in [0, 0.1) is 0 Å². The molecule has 0 saturated heterocycles. The molecule has 106 valence electrons. The molecule has 1 atom stereocenters. The Hall–Kier alpha value is -1.15. The van der Waals surface area contributed by atoms with E-state index in [1.54, 1.807) is 0 Å². The van der Waals surface area contributed by atoms with Gasteiger partial charge in [0, 0.05) is 5.56 Å². The second kappa shape index (κ2) is 4.75. The summed E-state index contributed by atoms with van der Waals surface area (Å²) in [5.74, 6) is 0. The third-order valence-corrected chi connectivity index (χ3v) is 2.82. The van der Waals surface area contributed by atoms with E-state index in [1.807, 2.05) is 0 Å². The summed E-state index contributed by atoms with van der Waals surface area (Å²) in [5, 5.41) is 17.6. The number of halogens is 5. The minimum Gasteiger partial charge on any atom is -0.423 e. The average molecular weight is 282 g/mol. The molecule has 0 aliphatic rings. The van der Waals surface area contributed by atoms with Gasteiger partial charge >= 0.3 is 13.3 Å². The molecule has 0 amide bonds. The lowest BCUT2D eigenvalue weighted by Crippen LogP contribution is -2.52. The Morgan fingerprint density at radius 2 is 1.32 bits per heavy atom. The van der Waals surface area contributed by atoms with E-state index in [4.69, 9.17) is 10.0 Å². The van der Waals surface area contributed by atoms with Crippen LogP contribution in [0.25, 0.3) is 0 Å². The lowest BCUT2D eigenvalue weighted by molar-refractivity contribution is -0.274. The number of hydrogen-bond acceptors (Lipinski definition) is 2. The molecular formula is C11H12BF5O2. The van der Waals surface area contributed by atoms with Crippen LogP contribution < -0.4 is 5.46 Å². The van der Waals surface area contributed by atoms with Crippen molar-refractivity contribution < 1.29 is 32.0 Å². The Morgan fingerprint density at radius 3 is 1.58 bits per heavy atom. The molecule has 0 spiro atoms. The van der Waals surface area contributed by atoms with Crippen LogP contribution in [0.1, 0.15) is 19.4 Å². The highest BCUT2D eigenvalue weighted by Crippen LogP contribution is 2.51. The fourth-order valence-electron chi connectivity index (χ4n) is 1.73. The minimum atomic E-state index is -5.44. The van der Waals surface area contributed by atoms with Crippen molar-refractivity contribution in [1.29, 1.82) is 0 Å². The molecule has 1 aromatic rings. The molecule has 0 fully saturated rings. The van der Waals surface area contributed by atoms with Crippen molar-refractivity contribution >= 4 is 12.6 Å². The molecule has 0 aliphatic heterocycles. The van der Waals surface area contributed by atoms with Gasteiger partial charge < -0.3 is 10.0 Å². The Kier molecular flexibility index (Phi) is 3.98. The van der Waals surface area contributed by atoms with Gasteiger partial charge in [-0.25, -0.2) is 8.78 Å². The van der Waals surface area contributed by atoms with E-state index in [9.17, 15) is 22.0 Å². The third-order valence-electron chi connectivity index (χ3n) is 2.82. The van der Waals surface area contributed by atoms with Crippen LogP contribution in [0.2, 0.25) is 0 Å². The maximum Gasteiger partial charge on any atom is 0.488 e. The molecule has 19 heavy (non-hydrogen) atoms. The molecule has 8 heteroatoms. The number of alkyl halides is 5. The van der Waals surface area contributed by atoms with Crippen molar-refractivity contribution in [3.8, 4) is 0 Å². The highest BCUT2D eigenvalue weighted by molar-refractivity contribution is 6.58. The predicted octanol–water partition coefficient (Wildman–Crippen LogP) is 1.84. The van der Waals surface area contributed by atoms with Gasteiger partial charge in [-0.1, -0.05) is 24.3 Å². The van der Waals surface area contributed by atoms with E-state index in [2.05, 4.69) is 0 Å². The van der Waals surface area contributed by atoms with Crippen LogP contribution in [-0.4, -0.2) is 29.0 Å². The molecule has 0 bridgehead atoms. The number of hydrogen-bond donors (Lipinski definition) is 2. The second-order valence-corrected chi connectivity index (χ2v) is 4.62. The van der Waals surface area contributed by atoms with Gasteiger partial charge in [-0.3, -0.25) is 0 Å². The molecule has 2 nitrogen and oxygen atoms in total. The van der Waals surface area contributed by atoms with E-state index in [1.165, 1.54) is 0 Å². The van der Waals surface area contributed by atoms with Crippen LogP contribution in [0.15, 0.2) is 24.3 Å². The van der Waals surface area contributed by atoms with E-state index in [0.29, 0.717) is 26.0 Å². The van der Waals surface area contributed by atoms with Crippen LogP contribution in [-0.2, 0) is 5.67 Å². The van der Waals surface area contributed by atoms with Crippen molar-refractivity contribution in [3.63, 3.8) is 0 Å². The first-order valence-corrected chi connectivity index (χ1v) is 5.32. The molecule has 0 aliphatic carbocycles. The SMILES string of the molecule is CC(C)(F)C(F)(c1ccc(B(O)O)cc1)C(F)(F)F. The zero-order valence-corrected chi connectivity index (χ0v) is 10.2. The van der Waals surface area contributed by atoms with Crippen molar-refractivity contribution in [2.45, 2.75) is 31.4 Å². The van der Waals surface area contributed by atoms with E-state index >= 15 is 0 Å². The van der Waals surface area contributed by atoms with E-state index < -0.39 is 30.2 Å². The van der Waals surface area contributed by atoms with Gasteiger partial charge in [0.05, 0.1) is 0 Å². The normalized spacial score (nSPS) is 16.1. The summed E-state index contributed by atoms with van der Waals surface area (Å²) in [6.45, 7) is 0.991. The summed E-state index contributed by atoms with van der Waals surface area (Å²) in [6, 6.07) is 3.16. The van der Waals surface area contributed by atoms with Gasteiger partial charge in [0.2, 0.25) is 0 Å². The molecule has 0 aromatic heterocycles. The summed E-state index contributed by atoms with van der Waals surface area (Å²) in [4.78, 5) is 0. The topological polar surface area (TPSA) is 40.5 Å². The van der Waals surface area contributed by atoms with Gasteiger partial charge in [-0.15, -0.1) is 0 Å². The lowest BCUT2D eigenvalue weighted by atomic mass is 9.77. The van der Waals surface area contributed by atoms with Crippen LogP contribution in [0.3, 0.4) is 0 Å². The first kappa shape index (κ1) is 15.9. The molecule has 0 heterocycles. The Balaban J connectivity index is 3.36. The van der Waals surface area contributed by atoms with Crippen molar-refractivity contribution in [1.82, 2.24) is 0 Å². The summed E-state index contributed by atoms with van der Waals surface area (Å²) in [7, 11) is -1.90. The monoisotopic (exact) mass is 282 g/mol. The van der Waals surface area contributed by atoms with E-state index in [-0.39, 0.29) is 5.46 Å². The fourth-order valence-corrected chi connectivity index (χ4v) is 1.73. The maximum atomic E-state index is 14.2. The third kappa shape index (κ3) is 2.74. The fraction of sp³-hybridized carbons (Fsp3) is 0.455. The van der Waals surface area contributed by atoms with Crippen molar-refractivity contribution in [3.05, 3.63) is 29.8 Å². The Bertz CT molecular complexity index is 422. The van der Waals surface area contributed by atoms with Gasteiger partial charge in [0.1, 0.15) is 0 Å². The van der Waals surface area contributed by atoms with Crippen molar-refractivity contribution in [2.24, 2.45) is 0 Å². The van der Waals surface area contributed by atoms with Crippen molar-refractivity contribution in [2.75, 3.05) is 0 Å². The number of rotatable bonds is 3. The zero-order valence-electron chi connectivity index (χ0n) is 10.2. The predicted molar refractivity (Wildman–Crippen MR) is 60.3 cm³/mol. The van der Waals surface area contributed by atoms with Crippen LogP contribution in [0.4, 0.5) is 22.0 Å². The average Bonchev–Trinajstić information content (AvgIpc) is 2.25. The second-order valence-electron chi connectivity index (χ2n) is 4.62. The zero-order chi connectivity index (χ0) is 15.1. The standard InChI is InChI=1S/C11H12BF5O2/c1-9(2,13)10(14,11(15,16)17)7-3-5-8(6-4-7)12(18)19/h3-6,18-19H,1-2H3. The minimum absolute atomic E-state index is 0.120. The first-order valence-electron chi connectivity index (χ1n) is 5.32. The smallest absolute Gasteiger partial charge is 0.423 e. The highest BCUT2D eigenvalue weighted by Gasteiger charge is 2.66. The molecular weight excluding hydrogens is 270 g/mol. The van der Waals surface area contributed by atoms with Crippen LogP contribution in [0.5, 0.6) is 0 Å².